The molecule has 2 unspecified atom stereocenters. The Bertz CT molecular complexity index is 485. The molecule has 0 bridgehead atoms. The minimum atomic E-state index is -0.831. The van der Waals surface area contributed by atoms with Crippen LogP contribution in [0.1, 0.15) is 6.92 Å². The van der Waals surface area contributed by atoms with Gasteiger partial charge in [-0.05, 0) is 30.3 Å². The van der Waals surface area contributed by atoms with Gasteiger partial charge in [-0.25, -0.2) is 0 Å². The molecule has 0 spiro atoms. The molecule has 6 nitrogen and oxygen atoms in total. The van der Waals surface area contributed by atoms with E-state index in [0.717, 1.165) is 0 Å². The van der Waals surface area contributed by atoms with Gasteiger partial charge >= 0.3 is 0 Å². The summed E-state index contributed by atoms with van der Waals surface area (Å²) in [4.78, 5) is 10.9. The summed E-state index contributed by atoms with van der Waals surface area (Å²) in [5.41, 5.74) is 0.675. The van der Waals surface area contributed by atoms with Crippen molar-refractivity contribution in [2.45, 2.75) is 25.4 Å². The lowest BCUT2D eigenvalue weighted by atomic mass is 10.1. The number of benzene rings is 1. The van der Waals surface area contributed by atoms with Crippen molar-refractivity contribution in [3.05, 3.63) is 36.4 Å². The second-order valence-corrected chi connectivity index (χ2v) is 4.42. The fraction of sp³-hybridized carbons (Fsp3) is 0.357. The first kappa shape index (κ1) is 14.5. The number of anilines is 1. The van der Waals surface area contributed by atoms with Crippen molar-refractivity contribution in [1.29, 1.82) is 0 Å². The highest BCUT2D eigenvalue weighted by Gasteiger charge is 2.25. The zero-order valence-corrected chi connectivity index (χ0v) is 11.0. The molecule has 1 aromatic rings. The number of hydrogen-bond donors (Lipinski definition) is 3. The van der Waals surface area contributed by atoms with E-state index in [1.807, 2.05) is 0 Å². The fourth-order valence-corrected chi connectivity index (χ4v) is 1.80. The Labute approximate surface area is 116 Å². The van der Waals surface area contributed by atoms with Gasteiger partial charge in [-0.2, -0.15) is 0 Å². The van der Waals surface area contributed by atoms with Crippen molar-refractivity contribution < 1.29 is 24.5 Å². The molecule has 1 aromatic carbocycles. The molecule has 108 valence electrons. The van der Waals surface area contributed by atoms with Crippen molar-refractivity contribution in [2.75, 3.05) is 11.9 Å². The van der Waals surface area contributed by atoms with Crippen LogP contribution in [0, 0.1) is 0 Å². The molecule has 0 fully saturated rings. The van der Waals surface area contributed by atoms with Gasteiger partial charge in [-0.15, -0.1) is 0 Å². The second kappa shape index (κ2) is 6.51. The Morgan fingerprint density at radius 3 is 2.65 bits per heavy atom. The zero-order chi connectivity index (χ0) is 14.5. The molecule has 2 rings (SSSR count). The molecule has 3 atom stereocenters. The average Bonchev–Trinajstić information content (AvgIpc) is 2.42. The van der Waals surface area contributed by atoms with Crippen LogP contribution >= 0.6 is 0 Å². The molecule has 6 heteroatoms. The summed E-state index contributed by atoms with van der Waals surface area (Å²) in [6, 6.07) is 6.81. The molecule has 0 radical (unpaired) electrons. The van der Waals surface area contributed by atoms with Crippen molar-refractivity contribution >= 4 is 11.6 Å². The molecular weight excluding hydrogens is 262 g/mol. The minimum absolute atomic E-state index is 0.142. The van der Waals surface area contributed by atoms with Gasteiger partial charge in [0.15, 0.2) is 0 Å². The van der Waals surface area contributed by atoms with Crippen molar-refractivity contribution in [3.8, 4) is 5.75 Å². The van der Waals surface area contributed by atoms with Gasteiger partial charge in [0.05, 0.1) is 6.61 Å². The minimum Gasteiger partial charge on any atom is -0.461 e. The number of carbonyl (C=O) groups is 1. The highest BCUT2D eigenvalue weighted by Crippen LogP contribution is 2.20. The fourth-order valence-electron chi connectivity index (χ4n) is 1.80. The van der Waals surface area contributed by atoms with Gasteiger partial charge in [0.2, 0.25) is 12.2 Å². The maximum atomic E-state index is 10.9. The number of aliphatic hydroxyl groups excluding tert-OH is 2. The number of amides is 1. The topological polar surface area (TPSA) is 88.0 Å². The number of rotatable bonds is 4. The smallest absolute Gasteiger partial charge is 0.221 e. The van der Waals surface area contributed by atoms with Crippen LogP contribution in [0.5, 0.6) is 5.75 Å². The maximum absolute atomic E-state index is 10.9. The third-order valence-electron chi connectivity index (χ3n) is 2.76. The monoisotopic (exact) mass is 279 g/mol. The van der Waals surface area contributed by atoms with E-state index in [1.54, 1.807) is 30.3 Å². The Balaban J connectivity index is 1.96. The van der Waals surface area contributed by atoms with E-state index in [9.17, 15) is 9.90 Å². The molecule has 1 aliphatic heterocycles. The number of aliphatic hydroxyl groups is 2. The first-order valence-corrected chi connectivity index (χ1v) is 6.25. The highest BCUT2D eigenvalue weighted by molar-refractivity contribution is 5.88. The van der Waals surface area contributed by atoms with E-state index in [0.29, 0.717) is 11.4 Å². The summed E-state index contributed by atoms with van der Waals surface area (Å²) in [6.07, 6.45) is 0.923. The Hall–Kier alpha value is -1.89. The molecule has 0 aliphatic carbocycles. The van der Waals surface area contributed by atoms with E-state index in [2.05, 4.69) is 5.32 Å². The molecular formula is C14H17NO5. The predicted octanol–water partition coefficient (Wildman–Crippen LogP) is 0.658. The standard InChI is InChI=1S/C14H17NO5/c1-9(17)15-10-2-4-11(5-3-10)19-14-7-6-12(18)13(8-16)20-14/h2-7,12-14,16,18H,8H2,1H3,(H,15,17)/t12?,13?,14-/m0/s1. The molecule has 1 amide bonds. The van der Waals surface area contributed by atoms with Gasteiger partial charge in [-0.3, -0.25) is 4.79 Å². The summed E-state index contributed by atoms with van der Waals surface area (Å²) < 4.78 is 10.9. The second-order valence-electron chi connectivity index (χ2n) is 4.42. The third kappa shape index (κ3) is 3.80. The number of nitrogens with one attached hydrogen (secondary N) is 1. The van der Waals surface area contributed by atoms with E-state index >= 15 is 0 Å². The zero-order valence-electron chi connectivity index (χ0n) is 11.0. The van der Waals surface area contributed by atoms with Crippen LogP contribution in [0.25, 0.3) is 0 Å². The molecule has 0 saturated heterocycles. The number of hydrogen-bond acceptors (Lipinski definition) is 5. The Morgan fingerprint density at radius 2 is 2.05 bits per heavy atom. The van der Waals surface area contributed by atoms with Gasteiger partial charge in [0.25, 0.3) is 0 Å². The largest absolute Gasteiger partial charge is 0.461 e. The van der Waals surface area contributed by atoms with Gasteiger partial charge in [0.1, 0.15) is 18.0 Å². The summed E-state index contributed by atoms with van der Waals surface area (Å²) in [6.45, 7) is 1.15. The van der Waals surface area contributed by atoms with Gasteiger partial charge < -0.3 is 25.0 Å². The first-order valence-electron chi connectivity index (χ1n) is 6.25. The molecule has 1 heterocycles. The van der Waals surface area contributed by atoms with Crippen molar-refractivity contribution in [1.82, 2.24) is 0 Å². The van der Waals surface area contributed by atoms with E-state index in [-0.39, 0.29) is 12.5 Å². The summed E-state index contributed by atoms with van der Waals surface area (Å²) in [5, 5.41) is 21.2. The maximum Gasteiger partial charge on any atom is 0.221 e. The first-order chi connectivity index (χ1) is 9.58. The summed E-state index contributed by atoms with van der Waals surface area (Å²) in [7, 11) is 0. The van der Waals surface area contributed by atoms with Crippen LogP contribution < -0.4 is 10.1 Å². The molecule has 3 N–H and O–H groups in total. The normalized spacial score (nSPS) is 25.2. The summed E-state index contributed by atoms with van der Waals surface area (Å²) in [5.74, 6) is 0.416. The lowest BCUT2D eigenvalue weighted by Gasteiger charge is -2.28. The quantitative estimate of drug-likeness (QED) is 0.705. The molecule has 0 aromatic heterocycles. The van der Waals surface area contributed by atoms with Crippen LogP contribution in [-0.4, -0.2) is 41.2 Å². The predicted molar refractivity (Wildman–Crippen MR) is 72.3 cm³/mol. The van der Waals surface area contributed by atoms with Crippen LogP contribution in [0.2, 0.25) is 0 Å². The Kier molecular flexibility index (Phi) is 4.73. The van der Waals surface area contributed by atoms with Crippen LogP contribution in [0.4, 0.5) is 5.69 Å². The summed E-state index contributed by atoms with van der Waals surface area (Å²) >= 11 is 0. The average molecular weight is 279 g/mol. The molecule has 20 heavy (non-hydrogen) atoms. The SMILES string of the molecule is CC(=O)Nc1ccc(O[C@@H]2C=CC(O)C(CO)O2)cc1. The number of carbonyl (C=O) groups excluding carboxylic acids is 1. The van der Waals surface area contributed by atoms with Crippen LogP contribution in [0.3, 0.4) is 0 Å². The Morgan fingerprint density at radius 1 is 1.35 bits per heavy atom. The van der Waals surface area contributed by atoms with E-state index in [1.165, 1.54) is 13.0 Å². The van der Waals surface area contributed by atoms with Crippen molar-refractivity contribution in [3.63, 3.8) is 0 Å². The third-order valence-corrected chi connectivity index (χ3v) is 2.76. The van der Waals surface area contributed by atoms with Crippen LogP contribution in [-0.2, 0) is 9.53 Å². The number of ether oxygens (including phenoxy) is 2. The molecule has 0 saturated carbocycles. The highest BCUT2D eigenvalue weighted by atomic mass is 16.7. The van der Waals surface area contributed by atoms with Crippen LogP contribution in [0.15, 0.2) is 36.4 Å². The van der Waals surface area contributed by atoms with Crippen molar-refractivity contribution in [2.24, 2.45) is 0 Å². The van der Waals surface area contributed by atoms with Gasteiger partial charge in [-0.1, -0.05) is 6.08 Å². The van der Waals surface area contributed by atoms with Gasteiger partial charge in [0, 0.05) is 12.6 Å². The lowest BCUT2D eigenvalue weighted by Crippen LogP contribution is -2.39. The van der Waals surface area contributed by atoms with E-state index in [4.69, 9.17) is 14.6 Å². The van der Waals surface area contributed by atoms with E-state index < -0.39 is 18.5 Å². The molecule has 1 aliphatic rings. The lowest BCUT2D eigenvalue weighted by molar-refractivity contribution is -0.142.